The van der Waals surface area contributed by atoms with Gasteiger partial charge in [-0.3, -0.25) is 14.4 Å². The van der Waals surface area contributed by atoms with Gasteiger partial charge in [-0.05, 0) is 44.7 Å². The number of hydrogen-bond donors (Lipinski definition) is 1. The summed E-state index contributed by atoms with van der Waals surface area (Å²) >= 11 is 0. The summed E-state index contributed by atoms with van der Waals surface area (Å²) in [5, 5.41) is 2.60. The van der Waals surface area contributed by atoms with E-state index in [1.807, 2.05) is 26.0 Å². The maximum atomic E-state index is 12.9. The quantitative estimate of drug-likeness (QED) is 0.752. The molecule has 33 heavy (non-hydrogen) atoms. The lowest BCUT2D eigenvalue weighted by Crippen LogP contribution is -2.38. The van der Waals surface area contributed by atoms with Gasteiger partial charge >= 0.3 is 0 Å². The van der Waals surface area contributed by atoms with E-state index in [1.165, 1.54) is 16.8 Å². The summed E-state index contributed by atoms with van der Waals surface area (Å²) in [5.41, 5.74) is 0.746. The third-order valence-corrected chi connectivity index (χ3v) is 6.19. The fraction of sp³-hybridized carbons (Fsp3) is 0.480. The van der Waals surface area contributed by atoms with Gasteiger partial charge < -0.3 is 24.3 Å². The number of likely N-dealkylation sites (tertiary alicyclic amines) is 1. The number of carbonyl (C=O) groups excluding carboxylic acids is 2. The lowest BCUT2D eigenvalue weighted by molar-refractivity contribution is -0.118. The Bertz CT molecular complexity index is 1130. The number of nitrogens with zero attached hydrogens (tertiary/aromatic N) is 2. The second kappa shape index (κ2) is 8.92. The second-order valence-electron chi connectivity index (χ2n) is 9.65. The number of carbonyl (C=O) groups is 2. The van der Waals surface area contributed by atoms with Gasteiger partial charge in [-0.2, -0.15) is 0 Å². The maximum absolute atomic E-state index is 12.9. The lowest BCUT2D eigenvalue weighted by atomic mass is 9.99. The molecule has 8 heteroatoms. The Hall–Kier alpha value is -3.29. The Morgan fingerprint density at radius 1 is 1.24 bits per heavy atom. The standard InChI is InChI=1S/C25H31N3O5/c1-16-8-10-28(11-9-16)23(30)18-12-19(24(31)27(4)14-18)26-21(29)15-32-20-7-5-6-17-13-25(2,3)33-22(17)20/h5-7,12,14,16H,8-11,13,15H2,1-4H3,(H,26,29). The minimum absolute atomic E-state index is 0.0537. The first-order valence-corrected chi connectivity index (χ1v) is 11.4. The van der Waals surface area contributed by atoms with E-state index in [4.69, 9.17) is 9.47 Å². The normalized spacial score (nSPS) is 17.3. The minimum atomic E-state index is -0.488. The van der Waals surface area contributed by atoms with E-state index in [9.17, 15) is 14.4 Å². The van der Waals surface area contributed by atoms with Gasteiger partial charge in [-0.15, -0.1) is 0 Å². The van der Waals surface area contributed by atoms with Crippen molar-refractivity contribution in [1.29, 1.82) is 0 Å². The van der Waals surface area contributed by atoms with Crippen molar-refractivity contribution in [2.24, 2.45) is 13.0 Å². The molecule has 1 fully saturated rings. The van der Waals surface area contributed by atoms with Crippen molar-refractivity contribution in [3.8, 4) is 11.5 Å². The van der Waals surface area contributed by atoms with Crippen LogP contribution in [-0.4, -0.2) is 46.6 Å². The molecule has 1 aromatic carbocycles. The predicted molar refractivity (Wildman–Crippen MR) is 125 cm³/mol. The summed E-state index contributed by atoms with van der Waals surface area (Å²) in [6.07, 6.45) is 4.20. The van der Waals surface area contributed by atoms with Crippen LogP contribution in [0.5, 0.6) is 11.5 Å². The molecule has 1 saturated heterocycles. The number of aromatic nitrogens is 1. The van der Waals surface area contributed by atoms with Gasteiger partial charge in [0.15, 0.2) is 18.1 Å². The molecule has 0 atom stereocenters. The third-order valence-electron chi connectivity index (χ3n) is 6.19. The van der Waals surface area contributed by atoms with Crippen molar-refractivity contribution in [2.45, 2.75) is 45.6 Å². The monoisotopic (exact) mass is 453 g/mol. The zero-order valence-corrected chi connectivity index (χ0v) is 19.6. The summed E-state index contributed by atoms with van der Waals surface area (Å²) < 4.78 is 13.0. The van der Waals surface area contributed by atoms with Gasteiger partial charge in [-0.25, -0.2) is 0 Å². The first-order valence-electron chi connectivity index (χ1n) is 11.4. The van der Waals surface area contributed by atoms with Gasteiger partial charge in [0.1, 0.15) is 11.3 Å². The molecule has 0 saturated carbocycles. The number of hydrogen-bond acceptors (Lipinski definition) is 5. The zero-order valence-electron chi connectivity index (χ0n) is 19.6. The van der Waals surface area contributed by atoms with Gasteiger partial charge in [0.25, 0.3) is 17.4 Å². The van der Waals surface area contributed by atoms with E-state index in [-0.39, 0.29) is 23.8 Å². The topological polar surface area (TPSA) is 89.9 Å². The van der Waals surface area contributed by atoms with Crippen molar-refractivity contribution in [1.82, 2.24) is 9.47 Å². The van der Waals surface area contributed by atoms with Crippen LogP contribution in [0, 0.1) is 5.92 Å². The van der Waals surface area contributed by atoms with Crippen molar-refractivity contribution in [3.63, 3.8) is 0 Å². The number of ether oxygens (including phenoxy) is 2. The second-order valence-corrected chi connectivity index (χ2v) is 9.65. The molecule has 176 valence electrons. The molecular formula is C25H31N3O5. The molecule has 2 aliphatic rings. The Labute approximate surface area is 193 Å². The summed E-state index contributed by atoms with van der Waals surface area (Å²) in [5.74, 6) is 1.12. The highest BCUT2D eigenvalue weighted by molar-refractivity contribution is 5.97. The van der Waals surface area contributed by atoms with Crippen LogP contribution in [-0.2, 0) is 18.3 Å². The number of piperidine rings is 1. The summed E-state index contributed by atoms with van der Waals surface area (Å²) in [4.78, 5) is 39.9. The van der Waals surface area contributed by atoms with Crippen molar-refractivity contribution < 1.29 is 19.1 Å². The molecule has 1 N–H and O–H groups in total. The molecule has 2 aliphatic heterocycles. The average molecular weight is 454 g/mol. The minimum Gasteiger partial charge on any atom is -0.483 e. The molecule has 0 aliphatic carbocycles. The zero-order chi connectivity index (χ0) is 23.8. The van der Waals surface area contributed by atoms with Crippen LogP contribution in [0.2, 0.25) is 0 Å². The molecule has 8 nitrogen and oxygen atoms in total. The number of aryl methyl sites for hydroxylation is 1. The van der Waals surface area contributed by atoms with E-state index in [0.29, 0.717) is 36.1 Å². The first kappa shape index (κ1) is 22.9. The first-order chi connectivity index (χ1) is 15.6. The highest BCUT2D eigenvalue weighted by atomic mass is 16.5. The molecule has 0 spiro atoms. The van der Waals surface area contributed by atoms with E-state index in [1.54, 1.807) is 18.0 Å². The molecule has 0 radical (unpaired) electrons. The van der Waals surface area contributed by atoms with Crippen molar-refractivity contribution in [2.75, 3.05) is 25.0 Å². The van der Waals surface area contributed by atoms with Crippen LogP contribution in [0.3, 0.4) is 0 Å². The van der Waals surface area contributed by atoms with Crippen LogP contribution < -0.4 is 20.3 Å². The molecule has 4 rings (SSSR count). The molecular weight excluding hydrogens is 422 g/mol. The van der Waals surface area contributed by atoms with E-state index >= 15 is 0 Å². The Morgan fingerprint density at radius 3 is 2.70 bits per heavy atom. The van der Waals surface area contributed by atoms with Crippen LogP contribution in [0.1, 0.15) is 49.5 Å². The number of rotatable bonds is 5. The van der Waals surface area contributed by atoms with Crippen LogP contribution in [0.4, 0.5) is 5.69 Å². The average Bonchev–Trinajstić information content (AvgIpc) is 3.09. The van der Waals surface area contributed by atoms with Crippen LogP contribution >= 0.6 is 0 Å². The van der Waals surface area contributed by atoms with E-state index < -0.39 is 11.5 Å². The molecule has 1 aromatic heterocycles. The summed E-state index contributed by atoms with van der Waals surface area (Å²) in [6, 6.07) is 7.05. The molecule has 0 unspecified atom stereocenters. The third kappa shape index (κ3) is 5.05. The maximum Gasteiger partial charge on any atom is 0.274 e. The highest BCUT2D eigenvalue weighted by Gasteiger charge is 2.32. The Morgan fingerprint density at radius 2 is 1.97 bits per heavy atom. The molecule has 0 bridgehead atoms. The van der Waals surface area contributed by atoms with Gasteiger partial charge in [-0.1, -0.05) is 19.1 Å². The Kier molecular flexibility index (Phi) is 6.19. The van der Waals surface area contributed by atoms with E-state index in [2.05, 4.69) is 12.2 Å². The SMILES string of the molecule is CC1CCN(C(=O)c2cc(NC(=O)COc3cccc4c3OC(C)(C)C4)c(=O)n(C)c2)CC1. The van der Waals surface area contributed by atoms with Gasteiger partial charge in [0.2, 0.25) is 0 Å². The van der Waals surface area contributed by atoms with Crippen LogP contribution in [0.25, 0.3) is 0 Å². The fourth-order valence-electron chi connectivity index (χ4n) is 4.34. The largest absolute Gasteiger partial charge is 0.483 e. The molecule has 2 amide bonds. The number of benzene rings is 1. The fourth-order valence-corrected chi connectivity index (χ4v) is 4.34. The lowest BCUT2D eigenvalue weighted by Gasteiger charge is -2.30. The summed E-state index contributed by atoms with van der Waals surface area (Å²) in [7, 11) is 1.57. The number of pyridine rings is 1. The number of anilines is 1. The van der Waals surface area contributed by atoms with Gasteiger partial charge in [0.05, 0.1) is 5.56 Å². The molecule has 2 aromatic rings. The smallest absolute Gasteiger partial charge is 0.274 e. The van der Waals surface area contributed by atoms with Crippen molar-refractivity contribution in [3.05, 3.63) is 51.9 Å². The van der Waals surface area contributed by atoms with E-state index in [0.717, 1.165) is 24.8 Å². The van der Waals surface area contributed by atoms with Gasteiger partial charge in [0, 0.05) is 38.3 Å². The predicted octanol–water partition coefficient (Wildman–Crippen LogP) is 2.99. The van der Waals surface area contributed by atoms with Crippen molar-refractivity contribution >= 4 is 17.5 Å². The summed E-state index contributed by atoms with van der Waals surface area (Å²) in [6.45, 7) is 7.28. The van der Waals surface area contributed by atoms with Crippen LogP contribution in [0.15, 0.2) is 35.3 Å². The highest BCUT2D eigenvalue weighted by Crippen LogP contribution is 2.41. The molecule has 3 heterocycles. The number of nitrogens with one attached hydrogen (secondary N) is 1. The Balaban J connectivity index is 1.44. The number of para-hydroxylation sites is 1. The number of fused-ring (bicyclic) bond motifs is 1. The number of amides is 2.